The standard InChI is InChI=1S/C13H22N2O3/c1-9(12(16)17)11-7-15(8-11)13(18)14-6-5-10-3-2-4-10/h9-11H,2-8H2,1H3,(H,14,18)(H,16,17). The summed E-state index contributed by atoms with van der Waals surface area (Å²) in [7, 11) is 0. The van der Waals surface area contributed by atoms with Crippen LogP contribution in [0.4, 0.5) is 4.79 Å². The number of aliphatic carboxylic acids is 1. The van der Waals surface area contributed by atoms with Crippen molar-refractivity contribution in [3.63, 3.8) is 0 Å². The SMILES string of the molecule is CC(C(=O)O)C1CN(C(=O)NCCC2CCC2)C1. The van der Waals surface area contributed by atoms with Gasteiger partial charge in [0.2, 0.25) is 0 Å². The predicted molar refractivity (Wildman–Crippen MR) is 67.2 cm³/mol. The van der Waals surface area contributed by atoms with E-state index in [4.69, 9.17) is 5.11 Å². The average molecular weight is 254 g/mol. The van der Waals surface area contributed by atoms with Gasteiger partial charge in [0.05, 0.1) is 5.92 Å². The molecule has 0 aromatic rings. The highest BCUT2D eigenvalue weighted by Gasteiger charge is 2.37. The van der Waals surface area contributed by atoms with E-state index in [1.54, 1.807) is 11.8 Å². The van der Waals surface area contributed by atoms with Crippen LogP contribution in [0.5, 0.6) is 0 Å². The average Bonchev–Trinajstić information content (AvgIpc) is 2.19. The Morgan fingerprint density at radius 2 is 2.06 bits per heavy atom. The number of rotatable bonds is 5. The molecule has 1 atom stereocenters. The maximum Gasteiger partial charge on any atom is 0.317 e. The van der Waals surface area contributed by atoms with Gasteiger partial charge < -0.3 is 15.3 Å². The normalized spacial score (nSPS) is 21.9. The van der Waals surface area contributed by atoms with Crippen LogP contribution in [0, 0.1) is 17.8 Å². The molecule has 2 N–H and O–H groups in total. The summed E-state index contributed by atoms with van der Waals surface area (Å²) in [5.74, 6) is -0.213. The van der Waals surface area contributed by atoms with E-state index in [2.05, 4.69) is 5.32 Å². The fraction of sp³-hybridized carbons (Fsp3) is 0.846. The van der Waals surface area contributed by atoms with Crippen molar-refractivity contribution in [2.45, 2.75) is 32.6 Å². The van der Waals surface area contributed by atoms with Crippen LogP contribution in [0.2, 0.25) is 0 Å². The topological polar surface area (TPSA) is 69.6 Å². The smallest absolute Gasteiger partial charge is 0.317 e. The van der Waals surface area contributed by atoms with E-state index in [1.165, 1.54) is 19.3 Å². The molecule has 2 rings (SSSR count). The third-order valence-corrected chi connectivity index (χ3v) is 4.35. The second-order valence-corrected chi connectivity index (χ2v) is 5.61. The lowest BCUT2D eigenvalue weighted by Crippen LogP contribution is -2.56. The Labute approximate surface area is 108 Å². The van der Waals surface area contributed by atoms with Gasteiger partial charge >= 0.3 is 12.0 Å². The highest BCUT2D eigenvalue weighted by molar-refractivity contribution is 5.76. The molecule has 0 radical (unpaired) electrons. The van der Waals surface area contributed by atoms with Gasteiger partial charge in [0.25, 0.3) is 0 Å². The van der Waals surface area contributed by atoms with Crippen LogP contribution in [0.25, 0.3) is 0 Å². The molecule has 2 amide bonds. The minimum atomic E-state index is -0.773. The van der Waals surface area contributed by atoms with E-state index < -0.39 is 5.97 Å². The number of carbonyl (C=O) groups is 2. The predicted octanol–water partition coefficient (Wildman–Crippen LogP) is 1.54. The monoisotopic (exact) mass is 254 g/mol. The largest absolute Gasteiger partial charge is 0.481 e. The van der Waals surface area contributed by atoms with Gasteiger partial charge in [-0.05, 0) is 12.3 Å². The van der Waals surface area contributed by atoms with Crippen molar-refractivity contribution in [3.05, 3.63) is 0 Å². The first-order chi connectivity index (χ1) is 8.58. The molecule has 1 saturated carbocycles. The van der Waals surface area contributed by atoms with Crippen LogP contribution in [0.15, 0.2) is 0 Å². The second kappa shape index (κ2) is 5.59. The molecule has 0 bridgehead atoms. The van der Waals surface area contributed by atoms with Gasteiger partial charge in [-0.1, -0.05) is 26.2 Å². The number of carboxylic acid groups (broad SMARTS) is 1. The number of hydrogen-bond acceptors (Lipinski definition) is 2. The van der Waals surface area contributed by atoms with Crippen LogP contribution >= 0.6 is 0 Å². The lowest BCUT2D eigenvalue weighted by molar-refractivity contribution is -0.144. The highest BCUT2D eigenvalue weighted by atomic mass is 16.4. The van der Waals surface area contributed by atoms with Crippen LogP contribution in [-0.4, -0.2) is 41.6 Å². The molecule has 2 aliphatic rings. The Kier molecular flexibility index (Phi) is 4.09. The van der Waals surface area contributed by atoms with Gasteiger partial charge in [-0.2, -0.15) is 0 Å². The Hall–Kier alpha value is -1.26. The minimum Gasteiger partial charge on any atom is -0.481 e. The van der Waals surface area contributed by atoms with Crippen LogP contribution in [0.3, 0.4) is 0 Å². The molecule has 2 fully saturated rings. The summed E-state index contributed by atoms with van der Waals surface area (Å²) >= 11 is 0. The molecule has 5 nitrogen and oxygen atoms in total. The Balaban J connectivity index is 1.59. The van der Waals surface area contributed by atoms with Crippen LogP contribution in [0.1, 0.15) is 32.6 Å². The van der Waals surface area contributed by atoms with Crippen LogP contribution in [-0.2, 0) is 4.79 Å². The van der Waals surface area contributed by atoms with Crippen molar-refractivity contribution < 1.29 is 14.7 Å². The number of hydrogen-bond donors (Lipinski definition) is 2. The molecule has 0 aromatic carbocycles. The number of likely N-dealkylation sites (tertiary alicyclic amines) is 1. The summed E-state index contributed by atoms with van der Waals surface area (Å²) in [6.07, 6.45) is 5.02. The number of carboxylic acids is 1. The fourth-order valence-electron chi connectivity index (χ4n) is 2.47. The van der Waals surface area contributed by atoms with E-state index in [0.717, 1.165) is 18.9 Å². The van der Waals surface area contributed by atoms with E-state index in [0.29, 0.717) is 13.1 Å². The first-order valence-electron chi connectivity index (χ1n) is 6.83. The fourth-order valence-corrected chi connectivity index (χ4v) is 2.47. The molecule has 18 heavy (non-hydrogen) atoms. The molecular formula is C13H22N2O3. The van der Waals surface area contributed by atoms with Gasteiger partial charge in [-0.15, -0.1) is 0 Å². The Morgan fingerprint density at radius 3 is 2.56 bits per heavy atom. The summed E-state index contributed by atoms with van der Waals surface area (Å²) in [6.45, 7) is 3.60. The number of nitrogens with zero attached hydrogens (tertiary/aromatic N) is 1. The minimum absolute atomic E-state index is 0.0387. The van der Waals surface area contributed by atoms with Crippen molar-refractivity contribution >= 4 is 12.0 Å². The van der Waals surface area contributed by atoms with Crippen molar-refractivity contribution in [1.29, 1.82) is 0 Å². The molecule has 0 aromatic heterocycles. The van der Waals surface area contributed by atoms with Crippen molar-refractivity contribution in [3.8, 4) is 0 Å². The van der Waals surface area contributed by atoms with Crippen molar-refractivity contribution in [2.24, 2.45) is 17.8 Å². The summed E-state index contributed by atoms with van der Waals surface area (Å²) in [5.41, 5.74) is 0. The molecule has 5 heteroatoms. The number of nitrogens with one attached hydrogen (secondary N) is 1. The van der Waals surface area contributed by atoms with E-state index in [-0.39, 0.29) is 17.9 Å². The van der Waals surface area contributed by atoms with Crippen molar-refractivity contribution in [1.82, 2.24) is 10.2 Å². The van der Waals surface area contributed by atoms with Crippen LogP contribution < -0.4 is 5.32 Å². The third-order valence-electron chi connectivity index (χ3n) is 4.35. The maximum absolute atomic E-state index is 11.7. The summed E-state index contributed by atoms with van der Waals surface area (Å²) in [5, 5.41) is 11.8. The Morgan fingerprint density at radius 1 is 1.39 bits per heavy atom. The third kappa shape index (κ3) is 2.94. The van der Waals surface area contributed by atoms with Gasteiger partial charge in [0, 0.05) is 25.6 Å². The zero-order chi connectivity index (χ0) is 13.1. The molecule has 0 spiro atoms. The van der Waals surface area contributed by atoms with Gasteiger partial charge in [0.1, 0.15) is 0 Å². The zero-order valence-electron chi connectivity index (χ0n) is 10.9. The molecule has 102 valence electrons. The molecule has 1 aliphatic heterocycles. The number of amides is 2. The molecule has 1 heterocycles. The van der Waals surface area contributed by atoms with Crippen molar-refractivity contribution in [2.75, 3.05) is 19.6 Å². The van der Waals surface area contributed by atoms with Gasteiger partial charge in [-0.25, -0.2) is 4.79 Å². The quantitative estimate of drug-likeness (QED) is 0.782. The lowest BCUT2D eigenvalue weighted by Gasteiger charge is -2.41. The molecule has 1 aliphatic carbocycles. The summed E-state index contributed by atoms with van der Waals surface area (Å²) < 4.78 is 0. The molecule has 1 saturated heterocycles. The maximum atomic E-state index is 11.7. The molecule has 1 unspecified atom stereocenters. The van der Waals surface area contributed by atoms with E-state index >= 15 is 0 Å². The lowest BCUT2D eigenvalue weighted by atomic mass is 9.83. The summed E-state index contributed by atoms with van der Waals surface area (Å²) in [6, 6.07) is -0.0387. The Bertz CT molecular complexity index is 322. The highest BCUT2D eigenvalue weighted by Crippen LogP contribution is 2.29. The van der Waals surface area contributed by atoms with Gasteiger partial charge in [0.15, 0.2) is 0 Å². The van der Waals surface area contributed by atoms with E-state index in [1.807, 2.05) is 0 Å². The van der Waals surface area contributed by atoms with E-state index in [9.17, 15) is 9.59 Å². The first-order valence-corrected chi connectivity index (χ1v) is 6.83. The second-order valence-electron chi connectivity index (χ2n) is 5.61. The first kappa shape index (κ1) is 13.2. The summed E-state index contributed by atoms with van der Waals surface area (Å²) in [4.78, 5) is 24.2. The number of carbonyl (C=O) groups excluding carboxylic acids is 1. The number of urea groups is 1. The zero-order valence-corrected chi connectivity index (χ0v) is 10.9. The van der Waals surface area contributed by atoms with Gasteiger partial charge in [-0.3, -0.25) is 4.79 Å². The molecular weight excluding hydrogens is 232 g/mol.